The summed E-state index contributed by atoms with van der Waals surface area (Å²) in [5.41, 5.74) is 0. The van der Waals surface area contributed by atoms with Crippen molar-refractivity contribution in [3.05, 3.63) is 22.7 Å². The number of halogens is 1. The zero-order valence-electron chi connectivity index (χ0n) is 13.8. The molecule has 0 aliphatic heterocycles. The Bertz CT molecular complexity index is 818. The van der Waals surface area contributed by atoms with Gasteiger partial charge in [0.1, 0.15) is 6.54 Å². The number of esters is 1. The fourth-order valence-corrected chi connectivity index (χ4v) is 5.17. The van der Waals surface area contributed by atoms with E-state index in [9.17, 15) is 21.6 Å². The first-order chi connectivity index (χ1) is 10.9. The van der Waals surface area contributed by atoms with Gasteiger partial charge in [0.25, 0.3) is 0 Å². The number of hydrogen-bond donors (Lipinski definition) is 0. The van der Waals surface area contributed by atoms with E-state index in [1.54, 1.807) is 20.8 Å². The Hall–Kier alpha value is -0.970. The molecule has 10 heteroatoms. The normalized spacial score (nSPS) is 12.6. The highest BCUT2D eigenvalue weighted by Gasteiger charge is 2.32. The first-order valence-electron chi connectivity index (χ1n) is 7.08. The number of nitrogens with zero attached hydrogens (tertiary/aromatic N) is 1. The average Bonchev–Trinajstić information content (AvgIpc) is 2.43. The Morgan fingerprint density at radius 2 is 1.83 bits per heavy atom. The Kier molecular flexibility index (Phi) is 6.97. The molecule has 0 aromatic heterocycles. The van der Waals surface area contributed by atoms with Crippen molar-refractivity contribution in [1.29, 1.82) is 0 Å². The monoisotopic (exact) mass is 441 g/mol. The number of ether oxygens (including phenoxy) is 1. The highest BCUT2D eigenvalue weighted by molar-refractivity contribution is 9.10. The highest BCUT2D eigenvalue weighted by atomic mass is 79.9. The molecule has 0 radical (unpaired) electrons. The number of sulfonamides is 1. The third-order valence-electron chi connectivity index (χ3n) is 3.08. The van der Waals surface area contributed by atoms with Crippen molar-refractivity contribution in [3.8, 4) is 0 Å². The molecule has 24 heavy (non-hydrogen) atoms. The molecule has 7 nitrogen and oxygen atoms in total. The summed E-state index contributed by atoms with van der Waals surface area (Å²) in [4.78, 5) is 11.4. The standard InChI is InChI=1S/C14H20BrNO6S2/c1-5-22-14(17)9-16(10(2)3)24(20,21)13-8-11(23(4,18)19)6-7-12(13)15/h6-8,10H,5,9H2,1-4H3. The highest BCUT2D eigenvalue weighted by Crippen LogP contribution is 2.29. The van der Waals surface area contributed by atoms with E-state index in [0.717, 1.165) is 16.6 Å². The van der Waals surface area contributed by atoms with Gasteiger partial charge in [0.05, 0.1) is 16.4 Å². The van der Waals surface area contributed by atoms with Crippen molar-refractivity contribution in [3.63, 3.8) is 0 Å². The Labute approximate surface area is 151 Å². The molecule has 0 saturated heterocycles. The van der Waals surface area contributed by atoms with Crippen LogP contribution < -0.4 is 0 Å². The van der Waals surface area contributed by atoms with Gasteiger partial charge >= 0.3 is 5.97 Å². The van der Waals surface area contributed by atoms with Crippen LogP contribution in [0.4, 0.5) is 0 Å². The topological polar surface area (TPSA) is 97.8 Å². The van der Waals surface area contributed by atoms with Gasteiger partial charge in [0.2, 0.25) is 10.0 Å². The van der Waals surface area contributed by atoms with E-state index >= 15 is 0 Å². The molecule has 1 aromatic rings. The van der Waals surface area contributed by atoms with Crippen LogP contribution in [0.1, 0.15) is 20.8 Å². The summed E-state index contributed by atoms with van der Waals surface area (Å²) in [5, 5.41) is 0. The summed E-state index contributed by atoms with van der Waals surface area (Å²) < 4.78 is 55.2. The predicted octanol–water partition coefficient (Wildman–Crippen LogP) is 1.81. The maximum absolute atomic E-state index is 12.9. The summed E-state index contributed by atoms with van der Waals surface area (Å²) in [6.45, 7) is 4.54. The van der Waals surface area contributed by atoms with E-state index in [2.05, 4.69) is 15.9 Å². The van der Waals surface area contributed by atoms with Crippen LogP contribution >= 0.6 is 15.9 Å². The number of sulfone groups is 1. The number of rotatable bonds is 7. The van der Waals surface area contributed by atoms with Gasteiger partial charge in [-0.25, -0.2) is 16.8 Å². The Morgan fingerprint density at radius 1 is 1.25 bits per heavy atom. The van der Waals surface area contributed by atoms with E-state index < -0.39 is 38.4 Å². The van der Waals surface area contributed by atoms with Gasteiger partial charge in [0, 0.05) is 16.8 Å². The van der Waals surface area contributed by atoms with Crippen molar-refractivity contribution in [2.24, 2.45) is 0 Å². The van der Waals surface area contributed by atoms with Gasteiger partial charge in [0.15, 0.2) is 9.84 Å². The lowest BCUT2D eigenvalue weighted by atomic mass is 10.4. The summed E-state index contributed by atoms with van der Waals surface area (Å²) in [6, 6.07) is 3.22. The lowest BCUT2D eigenvalue weighted by Crippen LogP contribution is -2.41. The Morgan fingerprint density at radius 3 is 2.29 bits per heavy atom. The Balaban J connectivity index is 3.42. The largest absolute Gasteiger partial charge is 0.465 e. The molecule has 0 N–H and O–H groups in total. The number of hydrogen-bond acceptors (Lipinski definition) is 6. The van der Waals surface area contributed by atoms with Crippen LogP contribution in [-0.4, -0.2) is 52.6 Å². The van der Waals surface area contributed by atoms with E-state index in [0.29, 0.717) is 0 Å². The third kappa shape index (κ3) is 5.01. The van der Waals surface area contributed by atoms with E-state index in [4.69, 9.17) is 4.74 Å². The van der Waals surface area contributed by atoms with Crippen LogP contribution in [0.3, 0.4) is 0 Å². The molecule has 0 aliphatic carbocycles. The van der Waals surface area contributed by atoms with E-state index in [-0.39, 0.29) is 20.9 Å². The van der Waals surface area contributed by atoms with Crippen LogP contribution in [-0.2, 0) is 29.4 Å². The molecule has 0 bridgehead atoms. The van der Waals surface area contributed by atoms with Gasteiger partial charge in [-0.2, -0.15) is 4.31 Å². The molecule has 136 valence electrons. The molecule has 1 aromatic carbocycles. The summed E-state index contributed by atoms with van der Waals surface area (Å²) in [7, 11) is -7.68. The maximum atomic E-state index is 12.9. The molecule has 1 rings (SSSR count). The molecule has 0 spiro atoms. The number of benzene rings is 1. The zero-order valence-corrected chi connectivity index (χ0v) is 17.0. The SMILES string of the molecule is CCOC(=O)CN(C(C)C)S(=O)(=O)c1cc(S(C)(=O)=O)ccc1Br. The molecule has 0 heterocycles. The molecular weight excluding hydrogens is 422 g/mol. The average molecular weight is 442 g/mol. The number of carbonyl (C=O) groups excluding carboxylic acids is 1. The second kappa shape index (κ2) is 7.94. The molecule has 0 unspecified atom stereocenters. The molecule has 0 atom stereocenters. The molecule has 0 amide bonds. The lowest BCUT2D eigenvalue weighted by Gasteiger charge is -2.25. The van der Waals surface area contributed by atoms with Gasteiger partial charge in [-0.05, 0) is 54.9 Å². The van der Waals surface area contributed by atoms with Crippen LogP contribution in [0.2, 0.25) is 0 Å². The van der Waals surface area contributed by atoms with Crippen molar-refractivity contribution in [2.75, 3.05) is 19.4 Å². The van der Waals surface area contributed by atoms with Crippen molar-refractivity contribution < 1.29 is 26.4 Å². The minimum absolute atomic E-state index is 0.121. The molecule has 0 fully saturated rings. The molecule has 0 saturated carbocycles. The zero-order chi connectivity index (χ0) is 18.7. The maximum Gasteiger partial charge on any atom is 0.321 e. The minimum Gasteiger partial charge on any atom is -0.465 e. The first kappa shape index (κ1) is 21.1. The fraction of sp³-hybridized carbons (Fsp3) is 0.500. The first-order valence-corrected chi connectivity index (χ1v) is 11.2. The quantitative estimate of drug-likeness (QED) is 0.598. The van der Waals surface area contributed by atoms with Crippen LogP contribution in [0.25, 0.3) is 0 Å². The van der Waals surface area contributed by atoms with E-state index in [1.165, 1.54) is 12.1 Å². The van der Waals surface area contributed by atoms with Crippen molar-refractivity contribution in [2.45, 2.75) is 36.6 Å². The van der Waals surface area contributed by atoms with Crippen molar-refractivity contribution in [1.82, 2.24) is 4.31 Å². The minimum atomic E-state index is -4.11. The summed E-state index contributed by atoms with van der Waals surface area (Å²) >= 11 is 3.13. The van der Waals surface area contributed by atoms with Gasteiger partial charge in [-0.3, -0.25) is 4.79 Å². The third-order valence-corrected chi connectivity index (χ3v) is 7.21. The van der Waals surface area contributed by atoms with Gasteiger partial charge in [-0.1, -0.05) is 0 Å². The molecular formula is C14H20BrNO6S2. The second-order valence-corrected chi connectivity index (χ2v) is 10.0. The fourth-order valence-electron chi connectivity index (χ4n) is 1.92. The predicted molar refractivity (Wildman–Crippen MR) is 92.9 cm³/mol. The van der Waals surface area contributed by atoms with Crippen LogP contribution in [0.15, 0.2) is 32.5 Å². The summed E-state index contributed by atoms with van der Waals surface area (Å²) in [6.07, 6.45) is 0.992. The van der Waals surface area contributed by atoms with Crippen LogP contribution in [0.5, 0.6) is 0 Å². The lowest BCUT2D eigenvalue weighted by molar-refractivity contribution is -0.143. The van der Waals surface area contributed by atoms with Crippen molar-refractivity contribution >= 4 is 41.8 Å². The smallest absolute Gasteiger partial charge is 0.321 e. The summed E-state index contributed by atoms with van der Waals surface area (Å²) in [5.74, 6) is -0.676. The van der Waals surface area contributed by atoms with Crippen LogP contribution in [0, 0.1) is 0 Å². The van der Waals surface area contributed by atoms with Gasteiger partial charge < -0.3 is 4.74 Å². The number of carbonyl (C=O) groups is 1. The van der Waals surface area contributed by atoms with Gasteiger partial charge in [-0.15, -0.1) is 0 Å². The van der Waals surface area contributed by atoms with E-state index in [1.807, 2.05) is 0 Å². The second-order valence-electron chi connectivity index (χ2n) is 5.31. The molecule has 0 aliphatic rings.